The van der Waals surface area contributed by atoms with E-state index in [0.717, 1.165) is 35.7 Å². The minimum atomic E-state index is 0.807. The Bertz CT molecular complexity index is 1290. The van der Waals surface area contributed by atoms with Gasteiger partial charge in [-0.25, -0.2) is 5.01 Å². The fourth-order valence-electron chi connectivity index (χ4n) is 4.26. The first kappa shape index (κ1) is 23.1. The van der Waals surface area contributed by atoms with Gasteiger partial charge in [-0.05, 0) is 41.5 Å². The second-order valence-electron chi connectivity index (χ2n) is 8.61. The molecule has 0 spiro atoms. The van der Waals surface area contributed by atoms with Gasteiger partial charge in [-0.2, -0.15) is 5.10 Å². The number of hydrogen-bond donors (Lipinski definition) is 0. The summed E-state index contributed by atoms with van der Waals surface area (Å²) in [5.74, 6) is 0. The molecule has 0 aliphatic rings. The summed E-state index contributed by atoms with van der Waals surface area (Å²) >= 11 is 0. The van der Waals surface area contributed by atoms with Crippen molar-refractivity contribution in [2.24, 2.45) is 5.10 Å². The van der Waals surface area contributed by atoms with E-state index in [-0.39, 0.29) is 0 Å². The number of hydrazone groups is 1. The molecule has 0 atom stereocenters. The van der Waals surface area contributed by atoms with Crippen molar-refractivity contribution in [2.45, 2.75) is 13.1 Å². The molecule has 0 unspecified atom stereocenters. The molecule has 0 saturated carbocycles. The van der Waals surface area contributed by atoms with Crippen molar-refractivity contribution in [2.75, 3.05) is 9.91 Å². The van der Waals surface area contributed by atoms with Gasteiger partial charge in [-0.15, -0.1) is 0 Å². The van der Waals surface area contributed by atoms with Crippen LogP contribution in [0.1, 0.15) is 16.7 Å². The number of benzene rings is 5. The highest BCUT2D eigenvalue weighted by Gasteiger charge is 2.13. The highest BCUT2D eigenvalue weighted by atomic mass is 15.5. The molecule has 0 aromatic heterocycles. The molecule has 0 N–H and O–H groups in total. The van der Waals surface area contributed by atoms with E-state index < -0.39 is 0 Å². The van der Waals surface area contributed by atoms with Gasteiger partial charge in [0.25, 0.3) is 0 Å². The summed E-state index contributed by atoms with van der Waals surface area (Å²) in [4.78, 5) is 2.42. The fraction of sp³-hybridized carbons (Fsp3) is 0.0606. The molecular formula is C33H29N3. The Balaban J connectivity index is 1.51. The van der Waals surface area contributed by atoms with Gasteiger partial charge in [0.2, 0.25) is 0 Å². The number of anilines is 3. The van der Waals surface area contributed by atoms with Gasteiger partial charge >= 0.3 is 0 Å². The lowest BCUT2D eigenvalue weighted by Crippen LogP contribution is -2.23. The zero-order valence-electron chi connectivity index (χ0n) is 20.2. The van der Waals surface area contributed by atoms with Gasteiger partial charge in [0.15, 0.2) is 0 Å². The second kappa shape index (κ2) is 11.7. The maximum Gasteiger partial charge on any atom is 0.0652 e. The van der Waals surface area contributed by atoms with Crippen LogP contribution in [-0.4, -0.2) is 6.21 Å². The minimum Gasteiger partial charge on any atom is -0.362 e. The van der Waals surface area contributed by atoms with Crippen molar-refractivity contribution in [1.82, 2.24) is 0 Å². The van der Waals surface area contributed by atoms with Gasteiger partial charge in [-0.1, -0.05) is 115 Å². The van der Waals surface area contributed by atoms with Crippen LogP contribution in [0.3, 0.4) is 0 Å². The maximum absolute atomic E-state index is 4.97. The molecule has 3 heteroatoms. The molecule has 5 aromatic carbocycles. The Labute approximate surface area is 213 Å². The minimum absolute atomic E-state index is 0.807. The first-order chi connectivity index (χ1) is 17.9. The maximum atomic E-state index is 4.97. The lowest BCUT2D eigenvalue weighted by molar-refractivity contribution is 0.799. The summed E-state index contributed by atoms with van der Waals surface area (Å²) in [5.41, 5.74) is 6.80. The highest BCUT2D eigenvalue weighted by Crippen LogP contribution is 2.27. The molecule has 5 aromatic rings. The third-order valence-electron chi connectivity index (χ3n) is 6.02. The van der Waals surface area contributed by atoms with E-state index in [4.69, 9.17) is 5.10 Å². The normalized spacial score (nSPS) is 10.9. The average Bonchev–Trinajstić information content (AvgIpc) is 2.95. The topological polar surface area (TPSA) is 18.8 Å². The predicted octanol–water partition coefficient (Wildman–Crippen LogP) is 8.07. The largest absolute Gasteiger partial charge is 0.362 e. The lowest BCUT2D eigenvalue weighted by atomic mass is 10.1. The van der Waals surface area contributed by atoms with Gasteiger partial charge in [0.1, 0.15) is 0 Å². The van der Waals surface area contributed by atoms with E-state index in [2.05, 4.69) is 114 Å². The number of nitrogens with zero attached hydrogens (tertiary/aromatic N) is 3. The van der Waals surface area contributed by atoms with Gasteiger partial charge < -0.3 is 4.90 Å². The van der Waals surface area contributed by atoms with Crippen LogP contribution in [0.15, 0.2) is 151 Å². The average molecular weight is 468 g/mol. The summed E-state index contributed by atoms with van der Waals surface area (Å²) in [6, 6.07) is 50.2. The molecule has 0 amide bonds. The Morgan fingerprint density at radius 2 is 0.889 bits per heavy atom. The van der Waals surface area contributed by atoms with Crippen LogP contribution in [0.5, 0.6) is 0 Å². The van der Waals surface area contributed by atoms with E-state index in [9.17, 15) is 0 Å². The van der Waals surface area contributed by atoms with Crippen LogP contribution >= 0.6 is 0 Å². The summed E-state index contributed by atoms with van der Waals surface area (Å²) in [6.07, 6.45) is 1.97. The van der Waals surface area contributed by atoms with E-state index >= 15 is 0 Å². The SMILES string of the molecule is C(=N\N(c1ccccc1)c1ccccc1)/c1ccccc1N(Cc1ccccc1)Cc1ccccc1. The van der Waals surface area contributed by atoms with Gasteiger partial charge in [0.05, 0.1) is 17.6 Å². The third-order valence-corrected chi connectivity index (χ3v) is 6.02. The monoisotopic (exact) mass is 467 g/mol. The molecule has 0 fully saturated rings. The predicted molar refractivity (Wildman–Crippen MR) is 152 cm³/mol. The molecule has 36 heavy (non-hydrogen) atoms. The van der Waals surface area contributed by atoms with Crippen molar-refractivity contribution in [3.63, 3.8) is 0 Å². The van der Waals surface area contributed by atoms with Gasteiger partial charge in [0, 0.05) is 24.3 Å². The molecule has 5 rings (SSSR count). The van der Waals surface area contributed by atoms with E-state index in [1.807, 2.05) is 47.6 Å². The summed E-state index contributed by atoms with van der Waals surface area (Å²) in [5, 5.41) is 6.95. The molecule has 0 radical (unpaired) electrons. The molecule has 0 saturated heterocycles. The van der Waals surface area contributed by atoms with E-state index in [1.165, 1.54) is 11.1 Å². The van der Waals surface area contributed by atoms with Crippen molar-refractivity contribution in [1.29, 1.82) is 0 Å². The summed E-state index contributed by atoms with van der Waals surface area (Å²) in [6.45, 7) is 1.61. The van der Waals surface area contributed by atoms with Crippen molar-refractivity contribution in [3.8, 4) is 0 Å². The van der Waals surface area contributed by atoms with Crippen LogP contribution in [0, 0.1) is 0 Å². The van der Waals surface area contributed by atoms with E-state index in [1.54, 1.807) is 0 Å². The highest BCUT2D eigenvalue weighted by molar-refractivity contribution is 5.89. The Morgan fingerprint density at radius 1 is 0.472 bits per heavy atom. The molecule has 176 valence electrons. The van der Waals surface area contributed by atoms with Crippen molar-refractivity contribution < 1.29 is 0 Å². The smallest absolute Gasteiger partial charge is 0.0652 e. The Hall–Kier alpha value is -4.63. The summed E-state index contributed by atoms with van der Waals surface area (Å²) in [7, 11) is 0. The quantitative estimate of drug-likeness (QED) is 0.161. The zero-order valence-corrected chi connectivity index (χ0v) is 20.2. The molecule has 0 aliphatic heterocycles. The second-order valence-corrected chi connectivity index (χ2v) is 8.61. The Morgan fingerprint density at radius 3 is 1.39 bits per heavy atom. The van der Waals surface area contributed by atoms with Gasteiger partial charge in [-0.3, -0.25) is 0 Å². The Kier molecular flexibility index (Phi) is 7.50. The van der Waals surface area contributed by atoms with Crippen LogP contribution in [0.25, 0.3) is 0 Å². The van der Waals surface area contributed by atoms with Crippen LogP contribution < -0.4 is 9.91 Å². The molecular weight excluding hydrogens is 438 g/mol. The van der Waals surface area contributed by atoms with Crippen LogP contribution in [0.4, 0.5) is 17.1 Å². The zero-order chi connectivity index (χ0) is 24.4. The standard InChI is InChI=1S/C33H29N3/c1-5-15-28(16-6-1)26-35(27-29-17-7-2-8-18-29)33-24-14-13-19-30(33)25-34-36(31-20-9-3-10-21-31)32-22-11-4-12-23-32/h1-25H,26-27H2/b34-25+. The third kappa shape index (κ3) is 5.89. The number of hydrogen-bond acceptors (Lipinski definition) is 3. The molecule has 0 aliphatic carbocycles. The number of rotatable bonds is 9. The van der Waals surface area contributed by atoms with Crippen molar-refractivity contribution >= 4 is 23.3 Å². The molecule has 0 bridgehead atoms. The molecule has 0 heterocycles. The summed E-state index contributed by atoms with van der Waals surface area (Å²) < 4.78 is 0. The van der Waals surface area contributed by atoms with Crippen molar-refractivity contribution in [3.05, 3.63) is 162 Å². The fourth-order valence-corrected chi connectivity index (χ4v) is 4.26. The first-order valence-corrected chi connectivity index (χ1v) is 12.2. The lowest BCUT2D eigenvalue weighted by Gasteiger charge is -2.27. The first-order valence-electron chi connectivity index (χ1n) is 12.2. The van der Waals surface area contributed by atoms with Crippen LogP contribution in [0.2, 0.25) is 0 Å². The number of para-hydroxylation sites is 3. The molecule has 3 nitrogen and oxygen atoms in total. The van der Waals surface area contributed by atoms with E-state index in [0.29, 0.717) is 0 Å². The van der Waals surface area contributed by atoms with Crippen LogP contribution in [-0.2, 0) is 13.1 Å².